The number of unbranched alkanes of at least 4 members (excludes halogenated alkanes) is 4. The molecule has 0 saturated heterocycles. The number of aliphatic hydroxyl groups is 2. The first-order valence-corrected chi connectivity index (χ1v) is 13.1. The molecule has 2 unspecified atom stereocenters. The van der Waals surface area contributed by atoms with Crippen molar-refractivity contribution in [3.05, 3.63) is 23.3 Å². The number of ether oxygens (including phenoxy) is 2. The van der Waals surface area contributed by atoms with E-state index in [1.807, 2.05) is 13.8 Å². The Bertz CT molecular complexity index is 565. The van der Waals surface area contributed by atoms with Gasteiger partial charge in [-0.15, -0.1) is 0 Å². The van der Waals surface area contributed by atoms with Crippen LogP contribution in [-0.4, -0.2) is 35.0 Å². The third-order valence-electron chi connectivity index (χ3n) is 6.77. The smallest absolute Gasteiger partial charge is 0.209 e. The SMILES string of the molecule is CCCCCC(C)(C)C1=CC(O)(OCCC)C(C(C)(C)CCCCC)=CC1(O)OCCC. The van der Waals surface area contributed by atoms with Crippen molar-refractivity contribution in [1.82, 2.24) is 0 Å². The lowest BCUT2D eigenvalue weighted by Gasteiger charge is -2.48. The molecule has 0 aromatic heterocycles. The van der Waals surface area contributed by atoms with Crippen LogP contribution >= 0.6 is 0 Å². The molecule has 0 aromatic carbocycles. The van der Waals surface area contributed by atoms with Crippen molar-refractivity contribution < 1.29 is 19.7 Å². The molecule has 4 nitrogen and oxygen atoms in total. The van der Waals surface area contributed by atoms with E-state index in [2.05, 4.69) is 41.5 Å². The summed E-state index contributed by atoms with van der Waals surface area (Å²) in [6.45, 7) is 17.9. The van der Waals surface area contributed by atoms with Crippen LogP contribution in [0, 0.1) is 10.8 Å². The molecular weight excluding hydrogens is 400 g/mol. The topological polar surface area (TPSA) is 58.9 Å². The zero-order chi connectivity index (χ0) is 24.5. The first kappa shape index (κ1) is 29.4. The number of hydrogen-bond acceptors (Lipinski definition) is 4. The van der Waals surface area contributed by atoms with Crippen LogP contribution in [0.25, 0.3) is 0 Å². The molecule has 0 radical (unpaired) electrons. The Hall–Kier alpha value is -0.680. The normalized spacial score (nSPS) is 24.4. The standard InChI is InChI=1S/C28H52O4/c1-9-13-15-17-25(5,6)23-21-28(30,32-20-12-4)24(22-27(23,29)31-19-11-3)26(7,8)18-16-14-10-2/h21-22,29-30H,9-20H2,1-8H3. The largest absolute Gasteiger partial charge is 0.359 e. The maximum atomic E-state index is 11.9. The zero-order valence-corrected chi connectivity index (χ0v) is 22.4. The summed E-state index contributed by atoms with van der Waals surface area (Å²) in [5, 5.41) is 23.8. The molecule has 32 heavy (non-hydrogen) atoms. The fourth-order valence-corrected chi connectivity index (χ4v) is 4.77. The van der Waals surface area contributed by atoms with Crippen molar-refractivity contribution in [3.8, 4) is 0 Å². The fraction of sp³-hybridized carbons (Fsp3) is 0.857. The van der Waals surface area contributed by atoms with Gasteiger partial charge < -0.3 is 19.7 Å². The van der Waals surface area contributed by atoms with Crippen molar-refractivity contribution in [3.63, 3.8) is 0 Å². The van der Waals surface area contributed by atoms with E-state index in [0.717, 1.165) is 64.2 Å². The summed E-state index contributed by atoms with van der Waals surface area (Å²) in [6.07, 6.45) is 13.7. The van der Waals surface area contributed by atoms with Crippen LogP contribution in [-0.2, 0) is 9.47 Å². The Morgan fingerprint density at radius 3 is 1.25 bits per heavy atom. The van der Waals surface area contributed by atoms with E-state index in [0.29, 0.717) is 24.4 Å². The molecule has 188 valence electrons. The molecule has 0 heterocycles. The van der Waals surface area contributed by atoms with Gasteiger partial charge in [-0.05, 0) is 59.8 Å². The van der Waals surface area contributed by atoms with Crippen LogP contribution in [0.4, 0.5) is 0 Å². The van der Waals surface area contributed by atoms with E-state index in [1.54, 1.807) is 12.2 Å². The van der Waals surface area contributed by atoms with Gasteiger partial charge >= 0.3 is 0 Å². The third-order valence-corrected chi connectivity index (χ3v) is 6.77. The monoisotopic (exact) mass is 452 g/mol. The molecule has 1 rings (SSSR count). The Balaban J connectivity index is 3.52. The van der Waals surface area contributed by atoms with Crippen LogP contribution in [0.5, 0.6) is 0 Å². The molecule has 0 aliphatic heterocycles. The quantitative estimate of drug-likeness (QED) is 0.147. The molecule has 0 aromatic rings. The summed E-state index contributed by atoms with van der Waals surface area (Å²) in [5.41, 5.74) is 0.744. The predicted molar refractivity (Wildman–Crippen MR) is 134 cm³/mol. The average molecular weight is 453 g/mol. The molecule has 0 fully saturated rings. The second kappa shape index (κ2) is 12.7. The van der Waals surface area contributed by atoms with Crippen molar-refractivity contribution >= 4 is 0 Å². The van der Waals surface area contributed by atoms with Crippen molar-refractivity contribution in [2.45, 2.75) is 131 Å². The van der Waals surface area contributed by atoms with Crippen LogP contribution in [0.3, 0.4) is 0 Å². The lowest BCUT2D eigenvalue weighted by molar-refractivity contribution is -0.181. The lowest BCUT2D eigenvalue weighted by atomic mass is 9.67. The molecule has 1 aliphatic rings. The van der Waals surface area contributed by atoms with Crippen LogP contribution < -0.4 is 0 Å². The van der Waals surface area contributed by atoms with Crippen LogP contribution in [0.2, 0.25) is 0 Å². The first-order valence-electron chi connectivity index (χ1n) is 13.1. The molecule has 0 saturated carbocycles. The highest BCUT2D eigenvalue weighted by atomic mass is 16.6. The fourth-order valence-electron chi connectivity index (χ4n) is 4.77. The summed E-state index contributed by atoms with van der Waals surface area (Å²) < 4.78 is 12.2. The minimum Gasteiger partial charge on any atom is -0.359 e. The summed E-state index contributed by atoms with van der Waals surface area (Å²) in [4.78, 5) is 0. The van der Waals surface area contributed by atoms with Crippen molar-refractivity contribution in [1.29, 1.82) is 0 Å². The second-order valence-electron chi connectivity index (χ2n) is 10.9. The molecule has 2 N–H and O–H groups in total. The Morgan fingerprint density at radius 1 is 0.625 bits per heavy atom. The van der Waals surface area contributed by atoms with Gasteiger partial charge in [-0.25, -0.2) is 0 Å². The predicted octanol–water partition coefficient (Wildman–Crippen LogP) is 7.30. The maximum Gasteiger partial charge on any atom is 0.209 e. The Morgan fingerprint density at radius 2 is 0.969 bits per heavy atom. The lowest BCUT2D eigenvalue weighted by Crippen LogP contribution is -2.50. The molecule has 1 aliphatic carbocycles. The van der Waals surface area contributed by atoms with Gasteiger partial charge in [-0.3, -0.25) is 0 Å². The molecule has 2 atom stereocenters. The molecule has 0 spiro atoms. The molecule has 4 heteroatoms. The zero-order valence-electron chi connectivity index (χ0n) is 22.4. The molecular formula is C28H52O4. The molecule has 0 amide bonds. The maximum absolute atomic E-state index is 11.9. The highest BCUT2D eigenvalue weighted by Gasteiger charge is 2.51. The van der Waals surface area contributed by atoms with Crippen molar-refractivity contribution in [2.24, 2.45) is 10.8 Å². The van der Waals surface area contributed by atoms with E-state index in [9.17, 15) is 10.2 Å². The third kappa shape index (κ3) is 7.68. The first-order chi connectivity index (χ1) is 14.9. The van der Waals surface area contributed by atoms with Gasteiger partial charge in [0.1, 0.15) is 0 Å². The summed E-state index contributed by atoms with van der Waals surface area (Å²) in [7, 11) is 0. The number of hydrogen-bond donors (Lipinski definition) is 2. The van der Waals surface area contributed by atoms with Crippen molar-refractivity contribution in [2.75, 3.05) is 13.2 Å². The van der Waals surface area contributed by atoms with E-state index in [-0.39, 0.29) is 10.8 Å². The summed E-state index contributed by atoms with van der Waals surface area (Å²) >= 11 is 0. The van der Waals surface area contributed by atoms with Gasteiger partial charge in [-0.2, -0.15) is 0 Å². The molecule has 0 bridgehead atoms. The minimum atomic E-state index is -1.54. The average Bonchev–Trinajstić information content (AvgIpc) is 2.72. The van der Waals surface area contributed by atoms with E-state index in [4.69, 9.17) is 9.47 Å². The van der Waals surface area contributed by atoms with Gasteiger partial charge in [0.05, 0.1) is 13.2 Å². The van der Waals surface area contributed by atoms with Gasteiger partial charge in [0.25, 0.3) is 0 Å². The van der Waals surface area contributed by atoms with E-state index < -0.39 is 11.6 Å². The highest BCUT2D eigenvalue weighted by molar-refractivity contribution is 5.43. The second-order valence-corrected chi connectivity index (χ2v) is 10.9. The van der Waals surface area contributed by atoms with Gasteiger partial charge in [0.15, 0.2) is 0 Å². The summed E-state index contributed by atoms with van der Waals surface area (Å²) in [5.74, 6) is -3.07. The van der Waals surface area contributed by atoms with E-state index >= 15 is 0 Å². The number of rotatable bonds is 16. The Kier molecular flexibility index (Phi) is 11.6. The van der Waals surface area contributed by atoms with Crippen LogP contribution in [0.1, 0.15) is 120 Å². The minimum absolute atomic E-state index is 0.338. The van der Waals surface area contributed by atoms with Gasteiger partial charge in [0, 0.05) is 0 Å². The highest BCUT2D eigenvalue weighted by Crippen LogP contribution is 2.51. The van der Waals surface area contributed by atoms with Crippen LogP contribution in [0.15, 0.2) is 23.3 Å². The van der Waals surface area contributed by atoms with E-state index in [1.165, 1.54) is 0 Å². The Labute approximate surface area is 198 Å². The van der Waals surface area contributed by atoms with Gasteiger partial charge in [0.2, 0.25) is 11.6 Å². The summed E-state index contributed by atoms with van der Waals surface area (Å²) in [6, 6.07) is 0. The van der Waals surface area contributed by atoms with Gasteiger partial charge in [-0.1, -0.05) is 93.9 Å².